The Balaban J connectivity index is 1.84. The molecule has 2 aliphatic rings. The van der Waals surface area contributed by atoms with Crippen molar-refractivity contribution >= 4 is 17.7 Å². The molecule has 0 bridgehead atoms. The molecule has 0 aromatic rings. The highest BCUT2D eigenvalue weighted by Gasteiger charge is 2.38. The highest BCUT2D eigenvalue weighted by molar-refractivity contribution is 7.99. The molecule has 1 saturated carbocycles. The van der Waals surface area contributed by atoms with Gasteiger partial charge in [-0.1, -0.05) is 32.1 Å². The zero-order chi connectivity index (χ0) is 12.8. The zero-order valence-electron chi connectivity index (χ0n) is 11.1. The molecule has 0 aromatic heterocycles. The molecule has 18 heavy (non-hydrogen) atoms. The Kier molecular flexibility index (Phi) is 5.37. The number of carbonyl (C=O) groups excluding carboxylic acids is 1. The molecule has 2 N–H and O–H groups in total. The van der Waals surface area contributed by atoms with Crippen molar-refractivity contribution in [3.05, 3.63) is 0 Å². The van der Waals surface area contributed by atoms with Gasteiger partial charge in [0.2, 0.25) is 0 Å². The summed E-state index contributed by atoms with van der Waals surface area (Å²) in [6.45, 7) is 0. The maximum Gasteiger partial charge on any atom is 0.252 e. The van der Waals surface area contributed by atoms with Crippen LogP contribution in [0.1, 0.15) is 57.8 Å². The van der Waals surface area contributed by atoms with Gasteiger partial charge in [0.25, 0.3) is 5.91 Å². The number of rotatable bonds is 2. The average Bonchev–Trinajstić information content (AvgIpc) is 2.33. The quantitative estimate of drug-likeness (QED) is 0.811. The van der Waals surface area contributed by atoms with Crippen molar-refractivity contribution in [3.8, 4) is 0 Å². The molecule has 0 aromatic carbocycles. The number of carbonyl (C=O) groups is 1. The lowest BCUT2D eigenvalue weighted by atomic mass is 9.93. The molecular formula is C14H25NO2S. The van der Waals surface area contributed by atoms with Crippen LogP contribution in [0.4, 0.5) is 0 Å². The molecule has 3 nitrogen and oxygen atoms in total. The Morgan fingerprint density at radius 2 is 1.61 bits per heavy atom. The lowest BCUT2D eigenvalue weighted by molar-refractivity contribution is -0.141. The second kappa shape index (κ2) is 6.80. The lowest BCUT2D eigenvalue weighted by Crippen LogP contribution is -2.52. The van der Waals surface area contributed by atoms with Gasteiger partial charge in [-0.15, -0.1) is 0 Å². The SMILES string of the molecule is O=C(NC1CCCCCCC1)C1(O)CCSCC1. The molecule has 1 heterocycles. The first kappa shape index (κ1) is 14.2. The van der Waals surface area contributed by atoms with Gasteiger partial charge in [-0.05, 0) is 37.2 Å². The molecule has 104 valence electrons. The molecule has 4 heteroatoms. The van der Waals surface area contributed by atoms with Crippen LogP contribution in [-0.4, -0.2) is 34.2 Å². The third kappa shape index (κ3) is 3.89. The lowest BCUT2D eigenvalue weighted by Gasteiger charge is -2.32. The minimum Gasteiger partial charge on any atom is -0.380 e. The monoisotopic (exact) mass is 271 g/mol. The second-order valence-electron chi connectivity index (χ2n) is 5.66. The Bertz CT molecular complexity index is 269. The van der Waals surface area contributed by atoms with Crippen LogP contribution in [0.3, 0.4) is 0 Å². The smallest absolute Gasteiger partial charge is 0.252 e. The van der Waals surface area contributed by atoms with Gasteiger partial charge >= 0.3 is 0 Å². The Labute approximate surface area is 114 Å². The van der Waals surface area contributed by atoms with E-state index in [9.17, 15) is 9.90 Å². The zero-order valence-corrected chi connectivity index (χ0v) is 11.9. The maximum absolute atomic E-state index is 12.2. The summed E-state index contributed by atoms with van der Waals surface area (Å²) in [4.78, 5) is 12.2. The number of hydrogen-bond acceptors (Lipinski definition) is 3. The van der Waals surface area contributed by atoms with Crippen LogP contribution in [-0.2, 0) is 4.79 Å². The van der Waals surface area contributed by atoms with Crippen LogP contribution in [0, 0.1) is 0 Å². The number of hydrogen-bond donors (Lipinski definition) is 2. The molecule has 1 saturated heterocycles. The van der Waals surface area contributed by atoms with Crippen molar-refractivity contribution in [2.45, 2.75) is 69.4 Å². The first-order valence-corrected chi connectivity index (χ1v) is 8.47. The third-order valence-electron chi connectivity index (χ3n) is 4.18. The van der Waals surface area contributed by atoms with Gasteiger partial charge in [-0.2, -0.15) is 11.8 Å². The summed E-state index contributed by atoms with van der Waals surface area (Å²) in [5.41, 5.74) is -1.09. The molecule has 1 aliphatic carbocycles. The normalized spacial score (nSPS) is 26.1. The molecular weight excluding hydrogens is 246 g/mol. The van der Waals surface area contributed by atoms with Gasteiger partial charge in [0.05, 0.1) is 0 Å². The van der Waals surface area contributed by atoms with E-state index in [-0.39, 0.29) is 11.9 Å². The van der Waals surface area contributed by atoms with E-state index in [1.54, 1.807) is 0 Å². The standard InChI is InChI=1S/C14H25NO2S/c16-13(14(17)8-10-18-11-9-14)15-12-6-4-2-1-3-5-7-12/h12,17H,1-11H2,(H,15,16). The molecule has 0 radical (unpaired) electrons. The Morgan fingerprint density at radius 3 is 2.22 bits per heavy atom. The fourth-order valence-corrected chi connectivity index (χ4v) is 4.02. The number of amides is 1. The van der Waals surface area contributed by atoms with Crippen molar-refractivity contribution < 1.29 is 9.90 Å². The second-order valence-corrected chi connectivity index (χ2v) is 6.88. The molecule has 2 fully saturated rings. The summed E-state index contributed by atoms with van der Waals surface area (Å²) in [6, 6.07) is 0.288. The predicted molar refractivity (Wildman–Crippen MR) is 75.8 cm³/mol. The summed E-state index contributed by atoms with van der Waals surface area (Å²) < 4.78 is 0. The molecule has 2 rings (SSSR count). The van der Waals surface area contributed by atoms with Crippen LogP contribution < -0.4 is 5.32 Å². The summed E-state index contributed by atoms with van der Waals surface area (Å²) in [5.74, 6) is 1.68. The van der Waals surface area contributed by atoms with E-state index in [1.165, 1.54) is 32.1 Å². The Hall–Kier alpha value is -0.220. The van der Waals surface area contributed by atoms with Crippen LogP contribution in [0.15, 0.2) is 0 Å². The fraction of sp³-hybridized carbons (Fsp3) is 0.929. The van der Waals surface area contributed by atoms with Crippen molar-refractivity contribution in [2.24, 2.45) is 0 Å². The first-order valence-electron chi connectivity index (χ1n) is 7.32. The van der Waals surface area contributed by atoms with Crippen molar-refractivity contribution in [3.63, 3.8) is 0 Å². The van der Waals surface area contributed by atoms with Gasteiger partial charge in [0.15, 0.2) is 0 Å². The minimum absolute atomic E-state index is 0.117. The van der Waals surface area contributed by atoms with E-state index in [0.29, 0.717) is 12.8 Å². The third-order valence-corrected chi connectivity index (χ3v) is 5.17. The van der Waals surface area contributed by atoms with E-state index < -0.39 is 5.60 Å². The maximum atomic E-state index is 12.2. The molecule has 1 aliphatic heterocycles. The van der Waals surface area contributed by atoms with Crippen molar-refractivity contribution in [2.75, 3.05) is 11.5 Å². The van der Waals surface area contributed by atoms with Crippen LogP contribution >= 0.6 is 11.8 Å². The summed E-state index contributed by atoms with van der Waals surface area (Å²) in [6.07, 6.45) is 9.69. The number of aliphatic hydroxyl groups is 1. The van der Waals surface area contributed by atoms with Gasteiger partial charge in [0, 0.05) is 6.04 Å². The van der Waals surface area contributed by atoms with E-state index >= 15 is 0 Å². The summed E-state index contributed by atoms with van der Waals surface area (Å²) >= 11 is 1.83. The largest absolute Gasteiger partial charge is 0.380 e. The van der Waals surface area contributed by atoms with E-state index in [0.717, 1.165) is 24.3 Å². The first-order chi connectivity index (χ1) is 8.71. The van der Waals surface area contributed by atoms with Gasteiger partial charge in [0.1, 0.15) is 5.60 Å². The van der Waals surface area contributed by atoms with Crippen LogP contribution in [0.2, 0.25) is 0 Å². The highest BCUT2D eigenvalue weighted by Crippen LogP contribution is 2.27. The van der Waals surface area contributed by atoms with Crippen molar-refractivity contribution in [1.82, 2.24) is 5.32 Å². The number of thioether (sulfide) groups is 1. The van der Waals surface area contributed by atoms with Gasteiger partial charge < -0.3 is 10.4 Å². The molecule has 0 atom stereocenters. The van der Waals surface area contributed by atoms with Gasteiger partial charge in [-0.25, -0.2) is 0 Å². The summed E-state index contributed by atoms with van der Waals surface area (Å²) in [7, 11) is 0. The highest BCUT2D eigenvalue weighted by atomic mass is 32.2. The van der Waals surface area contributed by atoms with Crippen LogP contribution in [0.25, 0.3) is 0 Å². The number of nitrogens with one attached hydrogen (secondary N) is 1. The topological polar surface area (TPSA) is 49.3 Å². The minimum atomic E-state index is -1.09. The van der Waals surface area contributed by atoms with E-state index in [1.807, 2.05) is 11.8 Å². The summed E-state index contributed by atoms with van der Waals surface area (Å²) in [5, 5.41) is 13.5. The molecule has 1 amide bonds. The predicted octanol–water partition coefficient (Wildman–Crippen LogP) is 2.47. The van der Waals surface area contributed by atoms with Gasteiger partial charge in [-0.3, -0.25) is 4.79 Å². The Morgan fingerprint density at radius 1 is 1.06 bits per heavy atom. The van der Waals surface area contributed by atoms with Crippen molar-refractivity contribution in [1.29, 1.82) is 0 Å². The van der Waals surface area contributed by atoms with E-state index in [2.05, 4.69) is 5.32 Å². The van der Waals surface area contributed by atoms with Crippen LogP contribution in [0.5, 0.6) is 0 Å². The van der Waals surface area contributed by atoms with E-state index in [4.69, 9.17) is 0 Å². The molecule has 0 unspecified atom stereocenters. The average molecular weight is 271 g/mol. The molecule has 0 spiro atoms. The fourth-order valence-electron chi connectivity index (χ4n) is 2.86.